The molecule has 0 saturated heterocycles. The van der Waals surface area contributed by atoms with Gasteiger partial charge in [-0.25, -0.2) is 4.39 Å². The van der Waals surface area contributed by atoms with Crippen LogP contribution in [0.15, 0.2) is 42.5 Å². The molecule has 0 radical (unpaired) electrons. The van der Waals surface area contributed by atoms with Crippen LogP contribution < -0.4 is 0 Å². The molecule has 1 aliphatic rings. The lowest BCUT2D eigenvalue weighted by molar-refractivity contribution is 0.0146. The van der Waals surface area contributed by atoms with Gasteiger partial charge in [0, 0.05) is 24.6 Å². The van der Waals surface area contributed by atoms with Gasteiger partial charge in [-0.05, 0) is 60.7 Å². The third-order valence-electron chi connectivity index (χ3n) is 5.29. The van der Waals surface area contributed by atoms with Gasteiger partial charge in [0.15, 0.2) is 0 Å². The van der Waals surface area contributed by atoms with Crippen LogP contribution in [0.4, 0.5) is 4.39 Å². The van der Waals surface area contributed by atoms with Crippen molar-refractivity contribution in [1.82, 2.24) is 4.90 Å². The van der Waals surface area contributed by atoms with Gasteiger partial charge in [0.05, 0.1) is 6.61 Å². The molecular weight excluding hydrogens is 317 g/mol. The van der Waals surface area contributed by atoms with Gasteiger partial charge < -0.3 is 10.0 Å². The summed E-state index contributed by atoms with van der Waals surface area (Å²) in [6.07, 6.45) is 3.07. The molecule has 2 aromatic rings. The van der Waals surface area contributed by atoms with E-state index < -0.39 is 0 Å². The number of rotatable bonds is 5. The molecule has 1 N–H and O–H groups in total. The average Bonchev–Trinajstić information content (AvgIpc) is 2.60. The monoisotopic (exact) mass is 341 g/mol. The fourth-order valence-electron chi connectivity index (χ4n) is 3.47. The van der Waals surface area contributed by atoms with Crippen LogP contribution in [0.25, 0.3) is 11.1 Å². The van der Waals surface area contributed by atoms with E-state index in [4.69, 9.17) is 0 Å². The zero-order valence-corrected chi connectivity index (χ0v) is 14.8. The Morgan fingerprint density at radius 3 is 2.32 bits per heavy atom. The standard InChI is InChI=1S/C21H24FNO2/c1-15-12-18(8-9-19(15)22)16-4-6-17(7-5-16)20(25)23(2)13-21(14-24)10-3-11-21/h4-9,12,24H,3,10-11,13-14H2,1-2H3. The Morgan fingerprint density at radius 2 is 1.80 bits per heavy atom. The van der Waals surface area contributed by atoms with E-state index in [2.05, 4.69) is 0 Å². The number of nitrogens with zero attached hydrogens (tertiary/aromatic N) is 1. The van der Waals surface area contributed by atoms with Crippen molar-refractivity contribution in [2.45, 2.75) is 26.2 Å². The summed E-state index contributed by atoms with van der Waals surface area (Å²) in [6.45, 7) is 2.46. The van der Waals surface area contributed by atoms with Crippen LogP contribution >= 0.6 is 0 Å². The number of carbonyl (C=O) groups excluding carboxylic acids is 1. The first kappa shape index (κ1) is 17.6. The van der Waals surface area contributed by atoms with E-state index in [9.17, 15) is 14.3 Å². The average molecular weight is 341 g/mol. The first-order chi connectivity index (χ1) is 11.9. The maximum Gasteiger partial charge on any atom is 0.253 e. The summed E-state index contributed by atoms with van der Waals surface area (Å²) < 4.78 is 13.4. The minimum absolute atomic E-state index is 0.0402. The quantitative estimate of drug-likeness (QED) is 0.892. The van der Waals surface area contributed by atoms with Gasteiger partial charge in [-0.2, -0.15) is 0 Å². The SMILES string of the molecule is Cc1cc(-c2ccc(C(=O)N(C)CC3(CO)CCC3)cc2)ccc1F. The Bertz CT molecular complexity index is 760. The Hall–Kier alpha value is -2.20. The number of halogens is 1. The number of benzene rings is 2. The molecule has 132 valence electrons. The largest absolute Gasteiger partial charge is 0.396 e. The minimum Gasteiger partial charge on any atom is -0.396 e. The summed E-state index contributed by atoms with van der Waals surface area (Å²) >= 11 is 0. The van der Waals surface area contributed by atoms with E-state index in [0.29, 0.717) is 17.7 Å². The van der Waals surface area contributed by atoms with Gasteiger partial charge in [0.1, 0.15) is 5.82 Å². The van der Waals surface area contributed by atoms with Crippen LogP contribution in [-0.4, -0.2) is 36.1 Å². The summed E-state index contributed by atoms with van der Waals surface area (Å²) in [5, 5.41) is 9.58. The number of aliphatic hydroxyl groups is 1. The predicted molar refractivity (Wildman–Crippen MR) is 96.9 cm³/mol. The highest BCUT2D eigenvalue weighted by atomic mass is 19.1. The molecule has 3 nitrogen and oxygen atoms in total. The number of amides is 1. The molecule has 1 amide bonds. The zero-order chi connectivity index (χ0) is 18.0. The maximum atomic E-state index is 13.4. The van der Waals surface area contributed by atoms with Gasteiger partial charge in [-0.3, -0.25) is 4.79 Å². The van der Waals surface area contributed by atoms with Gasteiger partial charge in [0.2, 0.25) is 0 Å². The van der Waals surface area contributed by atoms with Crippen molar-refractivity contribution >= 4 is 5.91 Å². The van der Waals surface area contributed by atoms with E-state index >= 15 is 0 Å². The second kappa shape index (κ2) is 6.96. The molecule has 0 heterocycles. The fraction of sp³-hybridized carbons (Fsp3) is 0.381. The predicted octanol–water partition coefficient (Wildman–Crippen LogP) is 4.04. The Morgan fingerprint density at radius 1 is 1.16 bits per heavy atom. The van der Waals surface area contributed by atoms with E-state index in [1.165, 1.54) is 6.07 Å². The van der Waals surface area contributed by atoms with Gasteiger partial charge in [0.25, 0.3) is 5.91 Å². The van der Waals surface area contributed by atoms with E-state index in [-0.39, 0.29) is 23.7 Å². The summed E-state index contributed by atoms with van der Waals surface area (Å²) in [5.41, 5.74) is 2.99. The highest BCUT2D eigenvalue weighted by molar-refractivity contribution is 5.94. The number of aryl methyl sites for hydroxylation is 1. The molecule has 0 atom stereocenters. The summed E-state index contributed by atoms with van der Waals surface area (Å²) in [4.78, 5) is 14.3. The number of hydrogen-bond donors (Lipinski definition) is 1. The lowest BCUT2D eigenvalue weighted by Crippen LogP contribution is -2.45. The Labute approximate surface area is 148 Å². The third-order valence-corrected chi connectivity index (χ3v) is 5.29. The zero-order valence-electron chi connectivity index (χ0n) is 14.8. The molecule has 0 aromatic heterocycles. The van der Waals surface area contributed by atoms with Gasteiger partial charge in [-0.1, -0.05) is 24.6 Å². The van der Waals surface area contributed by atoms with E-state index in [0.717, 1.165) is 30.4 Å². The van der Waals surface area contributed by atoms with Crippen LogP contribution in [-0.2, 0) is 0 Å². The molecular formula is C21H24FNO2. The van der Waals surface area contributed by atoms with Crippen LogP contribution in [0.2, 0.25) is 0 Å². The Balaban J connectivity index is 1.73. The molecule has 4 heteroatoms. The molecule has 1 saturated carbocycles. The van der Waals surface area contributed by atoms with Gasteiger partial charge >= 0.3 is 0 Å². The highest BCUT2D eigenvalue weighted by Gasteiger charge is 2.38. The van der Waals surface area contributed by atoms with Crippen molar-refractivity contribution in [3.63, 3.8) is 0 Å². The molecule has 25 heavy (non-hydrogen) atoms. The van der Waals surface area contributed by atoms with Crippen LogP contribution in [0.5, 0.6) is 0 Å². The number of hydrogen-bond acceptors (Lipinski definition) is 2. The van der Waals surface area contributed by atoms with Crippen molar-refractivity contribution in [3.8, 4) is 11.1 Å². The van der Waals surface area contributed by atoms with Crippen LogP contribution in [0.3, 0.4) is 0 Å². The summed E-state index contributed by atoms with van der Waals surface area (Å²) in [5.74, 6) is -0.257. The van der Waals surface area contributed by atoms with Crippen molar-refractivity contribution in [3.05, 3.63) is 59.4 Å². The van der Waals surface area contributed by atoms with E-state index in [1.54, 1.807) is 43.1 Å². The second-order valence-electron chi connectivity index (χ2n) is 7.21. The summed E-state index contributed by atoms with van der Waals surface area (Å²) in [6, 6.07) is 12.4. The van der Waals surface area contributed by atoms with Crippen LogP contribution in [0.1, 0.15) is 35.2 Å². The van der Waals surface area contributed by atoms with Crippen molar-refractivity contribution in [2.75, 3.05) is 20.2 Å². The molecule has 1 fully saturated rings. The topological polar surface area (TPSA) is 40.5 Å². The number of carbonyl (C=O) groups is 1. The lowest BCUT2D eigenvalue weighted by Gasteiger charge is -2.42. The maximum absolute atomic E-state index is 13.4. The van der Waals surface area contributed by atoms with Gasteiger partial charge in [-0.15, -0.1) is 0 Å². The molecule has 2 aromatic carbocycles. The smallest absolute Gasteiger partial charge is 0.253 e. The van der Waals surface area contributed by atoms with Crippen molar-refractivity contribution < 1.29 is 14.3 Å². The molecule has 1 aliphatic carbocycles. The fourth-order valence-corrected chi connectivity index (χ4v) is 3.47. The summed E-state index contributed by atoms with van der Waals surface area (Å²) in [7, 11) is 1.79. The lowest BCUT2D eigenvalue weighted by atomic mass is 9.69. The first-order valence-electron chi connectivity index (χ1n) is 8.67. The Kier molecular flexibility index (Phi) is 4.91. The molecule has 0 unspecified atom stereocenters. The molecule has 0 spiro atoms. The van der Waals surface area contributed by atoms with Crippen molar-refractivity contribution in [1.29, 1.82) is 0 Å². The first-order valence-corrected chi connectivity index (χ1v) is 8.67. The third kappa shape index (κ3) is 3.59. The second-order valence-corrected chi connectivity index (χ2v) is 7.21. The molecule has 0 bridgehead atoms. The van der Waals surface area contributed by atoms with Crippen LogP contribution in [0, 0.1) is 18.2 Å². The minimum atomic E-state index is -0.217. The number of aliphatic hydroxyl groups excluding tert-OH is 1. The molecule has 3 rings (SSSR count). The normalized spacial score (nSPS) is 15.5. The van der Waals surface area contributed by atoms with E-state index in [1.807, 2.05) is 12.1 Å². The highest BCUT2D eigenvalue weighted by Crippen LogP contribution is 2.41. The van der Waals surface area contributed by atoms with Crippen molar-refractivity contribution in [2.24, 2.45) is 5.41 Å². The molecule has 0 aliphatic heterocycles.